The van der Waals surface area contributed by atoms with Gasteiger partial charge in [0.05, 0.1) is 25.3 Å². The first kappa shape index (κ1) is 19.0. The predicted octanol–water partition coefficient (Wildman–Crippen LogP) is 3.20. The van der Waals surface area contributed by atoms with Crippen molar-refractivity contribution in [1.29, 1.82) is 0 Å². The summed E-state index contributed by atoms with van der Waals surface area (Å²) < 4.78 is 29.4. The molecule has 0 spiro atoms. The lowest BCUT2D eigenvalue weighted by Gasteiger charge is -2.28. The van der Waals surface area contributed by atoms with Crippen LogP contribution in [0.3, 0.4) is 0 Å². The fourth-order valence-corrected chi connectivity index (χ4v) is 2.56. The quantitative estimate of drug-likeness (QED) is 0.778. The molecule has 1 aliphatic heterocycles. The van der Waals surface area contributed by atoms with Gasteiger partial charge in [-0.2, -0.15) is 0 Å². The molecule has 0 radical (unpaired) electrons. The molecule has 0 unspecified atom stereocenters. The van der Waals surface area contributed by atoms with Crippen LogP contribution < -0.4 is 4.74 Å². The standard InChI is InChI=1S/C18H24FNO5/c1-18(2,3)25-17(22)20-10-13(19)9-14(20)11-24-15-7-5-12(6-8-15)16(21)23-4/h5-8,13-14H,9-11H2,1-4H3/t13-,14+/m1/s1. The van der Waals surface area contributed by atoms with Gasteiger partial charge in [-0.1, -0.05) is 0 Å². The molecule has 1 fully saturated rings. The van der Waals surface area contributed by atoms with Crippen molar-refractivity contribution in [3.8, 4) is 5.75 Å². The number of amides is 1. The molecule has 0 aromatic heterocycles. The van der Waals surface area contributed by atoms with Gasteiger partial charge in [0, 0.05) is 6.42 Å². The van der Waals surface area contributed by atoms with E-state index in [2.05, 4.69) is 4.74 Å². The number of carbonyl (C=O) groups excluding carboxylic acids is 2. The second kappa shape index (κ2) is 7.72. The van der Waals surface area contributed by atoms with E-state index in [1.165, 1.54) is 12.0 Å². The molecule has 0 N–H and O–H groups in total. The molecule has 6 nitrogen and oxygen atoms in total. The van der Waals surface area contributed by atoms with Crippen LogP contribution in [-0.4, -0.2) is 55.0 Å². The van der Waals surface area contributed by atoms with Crippen LogP contribution in [0.25, 0.3) is 0 Å². The van der Waals surface area contributed by atoms with E-state index in [9.17, 15) is 14.0 Å². The van der Waals surface area contributed by atoms with Gasteiger partial charge < -0.3 is 14.2 Å². The number of benzene rings is 1. The first-order valence-corrected chi connectivity index (χ1v) is 8.14. The molecule has 1 aromatic rings. The second-order valence-corrected chi connectivity index (χ2v) is 6.95. The number of halogens is 1. The number of nitrogens with zero attached hydrogens (tertiary/aromatic N) is 1. The Morgan fingerprint density at radius 3 is 2.44 bits per heavy atom. The zero-order valence-corrected chi connectivity index (χ0v) is 15.0. The van der Waals surface area contributed by atoms with Crippen molar-refractivity contribution in [3.63, 3.8) is 0 Å². The number of methoxy groups -OCH3 is 1. The Morgan fingerprint density at radius 1 is 1.24 bits per heavy atom. The summed E-state index contributed by atoms with van der Waals surface area (Å²) in [5.41, 5.74) is -0.226. The molecule has 0 saturated carbocycles. The fraction of sp³-hybridized carbons (Fsp3) is 0.556. The highest BCUT2D eigenvalue weighted by molar-refractivity contribution is 5.89. The van der Waals surface area contributed by atoms with E-state index in [1.807, 2.05) is 0 Å². The summed E-state index contributed by atoms with van der Waals surface area (Å²) in [5.74, 6) is 0.0952. The molecule has 1 amide bonds. The Labute approximate surface area is 146 Å². The van der Waals surface area contributed by atoms with E-state index in [-0.39, 0.29) is 19.6 Å². The average Bonchev–Trinajstić information content (AvgIpc) is 2.92. The average molecular weight is 353 g/mol. The van der Waals surface area contributed by atoms with Gasteiger partial charge in [0.25, 0.3) is 0 Å². The number of hydrogen-bond donors (Lipinski definition) is 0. The maximum atomic E-state index is 13.8. The molecule has 7 heteroatoms. The van der Waals surface area contributed by atoms with Crippen molar-refractivity contribution in [3.05, 3.63) is 29.8 Å². The van der Waals surface area contributed by atoms with E-state index < -0.39 is 29.9 Å². The van der Waals surface area contributed by atoms with Crippen LogP contribution in [0.2, 0.25) is 0 Å². The minimum absolute atomic E-state index is 0.00419. The van der Waals surface area contributed by atoms with Gasteiger partial charge in [0.15, 0.2) is 0 Å². The van der Waals surface area contributed by atoms with E-state index in [0.29, 0.717) is 11.3 Å². The van der Waals surface area contributed by atoms with Crippen LogP contribution in [0.15, 0.2) is 24.3 Å². The first-order chi connectivity index (χ1) is 11.7. The van der Waals surface area contributed by atoms with Crippen molar-refractivity contribution in [2.24, 2.45) is 0 Å². The largest absolute Gasteiger partial charge is 0.491 e. The van der Waals surface area contributed by atoms with E-state index in [0.717, 1.165) is 0 Å². The molecule has 0 aliphatic carbocycles. The van der Waals surface area contributed by atoms with Crippen LogP contribution >= 0.6 is 0 Å². The van der Waals surface area contributed by atoms with Gasteiger partial charge in [-0.05, 0) is 45.0 Å². The smallest absolute Gasteiger partial charge is 0.410 e. The molecular weight excluding hydrogens is 329 g/mol. The van der Waals surface area contributed by atoms with Crippen LogP contribution in [0.1, 0.15) is 37.6 Å². The number of likely N-dealkylation sites (tertiary alicyclic amines) is 1. The van der Waals surface area contributed by atoms with Gasteiger partial charge in [-0.25, -0.2) is 14.0 Å². The maximum absolute atomic E-state index is 13.8. The normalized spacial score (nSPS) is 20.3. The van der Waals surface area contributed by atoms with Gasteiger partial charge in [-0.3, -0.25) is 4.90 Å². The molecule has 1 aliphatic rings. The molecule has 1 aromatic carbocycles. The van der Waals surface area contributed by atoms with Crippen LogP contribution in [-0.2, 0) is 9.47 Å². The zero-order valence-electron chi connectivity index (χ0n) is 15.0. The van der Waals surface area contributed by atoms with Crippen molar-refractivity contribution < 1.29 is 28.2 Å². The third-order valence-electron chi connectivity index (χ3n) is 3.71. The van der Waals surface area contributed by atoms with Gasteiger partial charge in [0.1, 0.15) is 24.1 Å². The van der Waals surface area contributed by atoms with Crippen molar-refractivity contribution in [1.82, 2.24) is 4.90 Å². The monoisotopic (exact) mass is 353 g/mol. The highest BCUT2D eigenvalue weighted by Gasteiger charge is 2.38. The molecule has 0 bridgehead atoms. The number of esters is 1. The molecule has 1 heterocycles. The Kier molecular flexibility index (Phi) is 5.87. The zero-order chi connectivity index (χ0) is 18.6. The summed E-state index contributed by atoms with van der Waals surface area (Å²) in [4.78, 5) is 25.0. The van der Waals surface area contributed by atoms with Gasteiger partial charge >= 0.3 is 12.1 Å². The summed E-state index contributed by atoms with van der Waals surface area (Å²) in [6.45, 7) is 5.45. The molecule has 1 saturated heterocycles. The summed E-state index contributed by atoms with van der Waals surface area (Å²) in [5, 5.41) is 0. The summed E-state index contributed by atoms with van der Waals surface area (Å²) in [6.07, 6.45) is -1.43. The second-order valence-electron chi connectivity index (χ2n) is 6.95. The van der Waals surface area contributed by atoms with E-state index in [4.69, 9.17) is 9.47 Å². The topological polar surface area (TPSA) is 65.1 Å². The number of carbonyl (C=O) groups is 2. The third kappa shape index (κ3) is 5.34. The fourth-order valence-electron chi connectivity index (χ4n) is 2.56. The molecule has 138 valence electrons. The lowest BCUT2D eigenvalue weighted by atomic mass is 10.2. The predicted molar refractivity (Wildman–Crippen MR) is 89.5 cm³/mol. The minimum atomic E-state index is -1.09. The van der Waals surface area contributed by atoms with E-state index in [1.54, 1.807) is 45.0 Å². The molecule has 2 atom stereocenters. The van der Waals surface area contributed by atoms with E-state index >= 15 is 0 Å². The van der Waals surface area contributed by atoms with Crippen LogP contribution in [0.5, 0.6) is 5.75 Å². The number of hydrogen-bond acceptors (Lipinski definition) is 5. The minimum Gasteiger partial charge on any atom is -0.491 e. The Hall–Kier alpha value is -2.31. The van der Waals surface area contributed by atoms with Crippen molar-refractivity contribution in [2.45, 2.75) is 45.0 Å². The number of alkyl halides is 1. The molecule has 25 heavy (non-hydrogen) atoms. The lowest BCUT2D eigenvalue weighted by Crippen LogP contribution is -2.42. The van der Waals surface area contributed by atoms with Gasteiger partial charge in [-0.15, -0.1) is 0 Å². The summed E-state index contributed by atoms with van der Waals surface area (Å²) >= 11 is 0. The lowest BCUT2D eigenvalue weighted by molar-refractivity contribution is 0.0181. The summed E-state index contributed by atoms with van der Waals surface area (Å²) in [6, 6.07) is 6.03. The Morgan fingerprint density at radius 2 is 1.88 bits per heavy atom. The highest BCUT2D eigenvalue weighted by atomic mass is 19.1. The van der Waals surface area contributed by atoms with Crippen molar-refractivity contribution in [2.75, 3.05) is 20.3 Å². The Bertz CT molecular complexity index is 611. The molecular formula is C18H24FNO5. The van der Waals surface area contributed by atoms with Crippen LogP contribution in [0, 0.1) is 0 Å². The summed E-state index contributed by atoms with van der Waals surface area (Å²) in [7, 11) is 1.31. The highest BCUT2D eigenvalue weighted by Crippen LogP contribution is 2.24. The Balaban J connectivity index is 1.96. The number of ether oxygens (including phenoxy) is 3. The van der Waals surface area contributed by atoms with Gasteiger partial charge in [0.2, 0.25) is 0 Å². The number of rotatable bonds is 4. The first-order valence-electron chi connectivity index (χ1n) is 8.14. The third-order valence-corrected chi connectivity index (χ3v) is 3.71. The SMILES string of the molecule is COC(=O)c1ccc(OC[C@@H]2C[C@@H](F)CN2C(=O)OC(C)(C)C)cc1. The van der Waals surface area contributed by atoms with Crippen LogP contribution in [0.4, 0.5) is 9.18 Å². The van der Waals surface area contributed by atoms with Crippen molar-refractivity contribution >= 4 is 12.1 Å². The maximum Gasteiger partial charge on any atom is 0.410 e. The molecule has 2 rings (SSSR count).